The third-order valence-electron chi connectivity index (χ3n) is 4.05. The van der Waals surface area contributed by atoms with Crippen LogP contribution in [0.25, 0.3) is 21.3 Å². The Labute approximate surface area is 151 Å². The van der Waals surface area contributed by atoms with E-state index in [4.69, 9.17) is 0 Å². The third kappa shape index (κ3) is 2.97. The first-order valence-corrected chi connectivity index (χ1v) is 9.10. The Balaban J connectivity index is 1.65. The molecular weight excluding hydrogens is 352 g/mol. The molecule has 0 aliphatic heterocycles. The Kier molecular flexibility index (Phi) is 4.21. The number of fused-ring (bicyclic) bond motifs is 2. The van der Waals surface area contributed by atoms with Crippen molar-refractivity contribution in [3.63, 3.8) is 0 Å². The quantitative estimate of drug-likeness (QED) is 0.562. The summed E-state index contributed by atoms with van der Waals surface area (Å²) in [6.45, 7) is 2.80. The van der Waals surface area contributed by atoms with Crippen molar-refractivity contribution in [1.82, 2.24) is 30.3 Å². The van der Waals surface area contributed by atoms with E-state index in [1.807, 2.05) is 18.4 Å². The van der Waals surface area contributed by atoms with E-state index >= 15 is 0 Å². The molecule has 8 nitrogen and oxygen atoms in total. The van der Waals surface area contributed by atoms with Gasteiger partial charge in [0.25, 0.3) is 11.5 Å². The number of H-pyrrole nitrogens is 2. The fraction of sp³-hybridized carbons (Fsp3) is 0.235. The van der Waals surface area contributed by atoms with Gasteiger partial charge in [-0.3, -0.25) is 9.59 Å². The summed E-state index contributed by atoms with van der Waals surface area (Å²) in [7, 11) is 0. The van der Waals surface area contributed by atoms with Crippen LogP contribution < -0.4 is 5.56 Å². The SMILES string of the molecule is CCCN(Cc1nc2ccsc2c(=O)[nH]1)C(=O)c1ccc2n[nH]nc2c1. The fourth-order valence-electron chi connectivity index (χ4n) is 2.86. The maximum atomic E-state index is 13.0. The van der Waals surface area contributed by atoms with Gasteiger partial charge >= 0.3 is 0 Å². The van der Waals surface area contributed by atoms with E-state index in [0.29, 0.717) is 39.2 Å². The normalized spacial score (nSPS) is 11.3. The number of aromatic nitrogens is 5. The lowest BCUT2D eigenvalue weighted by atomic mass is 10.1. The van der Waals surface area contributed by atoms with E-state index in [1.165, 1.54) is 11.3 Å². The van der Waals surface area contributed by atoms with Gasteiger partial charge in [0.1, 0.15) is 21.6 Å². The zero-order valence-electron chi connectivity index (χ0n) is 14.0. The number of nitrogens with zero attached hydrogens (tertiary/aromatic N) is 4. The Hall–Kier alpha value is -3.07. The predicted molar refractivity (Wildman–Crippen MR) is 99.2 cm³/mol. The van der Waals surface area contributed by atoms with Crippen molar-refractivity contribution in [3.05, 3.63) is 51.4 Å². The summed E-state index contributed by atoms with van der Waals surface area (Å²) in [6.07, 6.45) is 0.795. The van der Waals surface area contributed by atoms with Gasteiger partial charge in [-0.25, -0.2) is 4.98 Å². The number of hydrogen-bond acceptors (Lipinski definition) is 6. The van der Waals surface area contributed by atoms with Crippen LogP contribution in [0, 0.1) is 0 Å². The summed E-state index contributed by atoms with van der Waals surface area (Å²) >= 11 is 1.35. The molecule has 1 aromatic carbocycles. The van der Waals surface area contributed by atoms with Gasteiger partial charge in [0, 0.05) is 12.1 Å². The average Bonchev–Trinajstić information content (AvgIpc) is 3.29. The van der Waals surface area contributed by atoms with E-state index < -0.39 is 0 Å². The van der Waals surface area contributed by atoms with Gasteiger partial charge in [0.05, 0.1) is 12.1 Å². The Morgan fingerprint density at radius 1 is 1.19 bits per heavy atom. The van der Waals surface area contributed by atoms with Crippen molar-refractivity contribution >= 4 is 38.5 Å². The van der Waals surface area contributed by atoms with Crippen molar-refractivity contribution < 1.29 is 4.79 Å². The summed E-state index contributed by atoms with van der Waals surface area (Å²) in [4.78, 5) is 34.0. The zero-order valence-corrected chi connectivity index (χ0v) is 14.8. The molecule has 4 rings (SSSR count). The molecule has 4 aromatic rings. The maximum Gasteiger partial charge on any atom is 0.268 e. The molecule has 0 fully saturated rings. The summed E-state index contributed by atoms with van der Waals surface area (Å²) in [6, 6.07) is 7.01. The van der Waals surface area contributed by atoms with Crippen LogP contribution in [0.4, 0.5) is 0 Å². The lowest BCUT2D eigenvalue weighted by Crippen LogP contribution is -2.32. The van der Waals surface area contributed by atoms with Crippen LogP contribution in [-0.2, 0) is 6.54 Å². The van der Waals surface area contributed by atoms with Gasteiger partial charge in [0.15, 0.2) is 0 Å². The predicted octanol–water partition coefficient (Wildman–Crippen LogP) is 2.31. The number of benzene rings is 1. The van der Waals surface area contributed by atoms with Crippen LogP contribution in [0.2, 0.25) is 0 Å². The first-order chi connectivity index (χ1) is 12.7. The second-order valence-electron chi connectivity index (χ2n) is 5.90. The second kappa shape index (κ2) is 6.68. The number of carbonyl (C=O) groups excluding carboxylic acids is 1. The molecule has 9 heteroatoms. The maximum absolute atomic E-state index is 13.0. The van der Waals surface area contributed by atoms with Crippen molar-refractivity contribution in [2.75, 3.05) is 6.54 Å². The molecule has 1 amide bonds. The number of amides is 1. The number of nitrogens with one attached hydrogen (secondary N) is 2. The molecular formula is C17H16N6O2S. The number of hydrogen-bond donors (Lipinski definition) is 2. The fourth-order valence-corrected chi connectivity index (χ4v) is 3.58. The lowest BCUT2D eigenvalue weighted by Gasteiger charge is -2.21. The van der Waals surface area contributed by atoms with E-state index in [0.717, 1.165) is 6.42 Å². The van der Waals surface area contributed by atoms with Crippen molar-refractivity contribution in [2.45, 2.75) is 19.9 Å². The van der Waals surface area contributed by atoms with E-state index in [9.17, 15) is 9.59 Å². The number of carbonyl (C=O) groups is 1. The molecule has 3 aromatic heterocycles. The van der Waals surface area contributed by atoms with Crippen molar-refractivity contribution in [1.29, 1.82) is 0 Å². The van der Waals surface area contributed by atoms with E-state index in [2.05, 4.69) is 25.4 Å². The van der Waals surface area contributed by atoms with E-state index in [-0.39, 0.29) is 18.0 Å². The molecule has 0 atom stereocenters. The van der Waals surface area contributed by atoms with E-state index in [1.54, 1.807) is 23.1 Å². The Bertz CT molecular complexity index is 1140. The minimum Gasteiger partial charge on any atom is -0.331 e. The summed E-state index contributed by atoms with van der Waals surface area (Å²) in [5.74, 6) is 0.343. The summed E-state index contributed by atoms with van der Waals surface area (Å²) < 4.78 is 0.596. The molecule has 26 heavy (non-hydrogen) atoms. The smallest absolute Gasteiger partial charge is 0.268 e. The second-order valence-corrected chi connectivity index (χ2v) is 6.82. The molecule has 3 heterocycles. The van der Waals surface area contributed by atoms with Gasteiger partial charge in [-0.15, -0.1) is 11.3 Å². The minimum atomic E-state index is -0.173. The van der Waals surface area contributed by atoms with Gasteiger partial charge in [-0.2, -0.15) is 15.4 Å². The zero-order chi connectivity index (χ0) is 18.1. The lowest BCUT2D eigenvalue weighted by molar-refractivity contribution is 0.0739. The van der Waals surface area contributed by atoms with Crippen LogP contribution in [0.5, 0.6) is 0 Å². The van der Waals surface area contributed by atoms with Gasteiger partial charge in [0.2, 0.25) is 0 Å². The molecule has 0 unspecified atom stereocenters. The van der Waals surface area contributed by atoms with Crippen LogP contribution in [0.15, 0.2) is 34.4 Å². The molecule has 0 radical (unpaired) electrons. The highest BCUT2D eigenvalue weighted by atomic mass is 32.1. The van der Waals surface area contributed by atoms with Gasteiger partial charge in [-0.05, 0) is 36.1 Å². The molecule has 2 N–H and O–H groups in total. The molecule has 0 aliphatic rings. The topological polar surface area (TPSA) is 108 Å². The Morgan fingerprint density at radius 3 is 2.88 bits per heavy atom. The van der Waals surface area contributed by atoms with Crippen LogP contribution in [0.3, 0.4) is 0 Å². The highest BCUT2D eigenvalue weighted by molar-refractivity contribution is 7.17. The van der Waals surface area contributed by atoms with Gasteiger partial charge < -0.3 is 9.88 Å². The first-order valence-electron chi connectivity index (χ1n) is 8.22. The first kappa shape index (κ1) is 16.4. The standard InChI is InChI=1S/C17H16N6O2S/c1-2-6-23(9-14-18-12-5-7-26-15(12)16(24)19-14)17(25)10-3-4-11-13(8-10)21-22-20-11/h3-5,7-8H,2,6,9H2,1H3,(H,18,19,24)(H,20,21,22). The van der Waals surface area contributed by atoms with Crippen LogP contribution in [0.1, 0.15) is 29.5 Å². The highest BCUT2D eigenvalue weighted by Gasteiger charge is 2.18. The van der Waals surface area contributed by atoms with Crippen molar-refractivity contribution in [2.24, 2.45) is 0 Å². The highest BCUT2D eigenvalue weighted by Crippen LogP contribution is 2.16. The molecule has 0 saturated carbocycles. The third-order valence-corrected chi connectivity index (χ3v) is 4.95. The molecule has 0 saturated heterocycles. The largest absolute Gasteiger partial charge is 0.331 e. The monoisotopic (exact) mass is 368 g/mol. The average molecular weight is 368 g/mol. The number of aromatic amines is 2. The summed E-state index contributed by atoms with van der Waals surface area (Å²) in [5, 5.41) is 12.4. The van der Waals surface area contributed by atoms with Crippen LogP contribution in [-0.4, -0.2) is 42.7 Å². The molecule has 0 aliphatic carbocycles. The van der Waals surface area contributed by atoms with Crippen molar-refractivity contribution in [3.8, 4) is 0 Å². The summed E-state index contributed by atoms with van der Waals surface area (Å²) in [5.41, 5.74) is 2.35. The van der Waals surface area contributed by atoms with Gasteiger partial charge in [-0.1, -0.05) is 6.92 Å². The molecule has 0 spiro atoms. The van der Waals surface area contributed by atoms with Crippen LogP contribution >= 0.6 is 11.3 Å². The number of thiophene rings is 1. The molecule has 0 bridgehead atoms. The molecule has 132 valence electrons. The number of rotatable bonds is 5. The Morgan fingerprint density at radius 2 is 2.04 bits per heavy atom. The minimum absolute atomic E-state index is 0.134.